The van der Waals surface area contributed by atoms with E-state index in [-0.39, 0.29) is 5.91 Å². The van der Waals surface area contributed by atoms with Gasteiger partial charge in [-0.15, -0.1) is 11.3 Å². The highest BCUT2D eigenvalue weighted by molar-refractivity contribution is 7.10. The van der Waals surface area contributed by atoms with Crippen molar-refractivity contribution < 1.29 is 9.53 Å². The molecule has 0 radical (unpaired) electrons. The van der Waals surface area contributed by atoms with Gasteiger partial charge in [0, 0.05) is 31.1 Å². The first-order chi connectivity index (χ1) is 11.8. The Morgan fingerprint density at radius 1 is 1.29 bits per heavy atom. The zero-order valence-electron chi connectivity index (χ0n) is 13.5. The molecule has 0 bridgehead atoms. The topological polar surface area (TPSA) is 66.5 Å². The molecule has 2 N–H and O–H groups in total. The Balaban J connectivity index is 1.40. The van der Waals surface area contributed by atoms with Gasteiger partial charge in [-0.05, 0) is 23.6 Å². The lowest BCUT2D eigenvalue weighted by molar-refractivity contribution is -0.115. The second-order valence-electron chi connectivity index (χ2n) is 5.62. The van der Waals surface area contributed by atoms with Crippen LogP contribution >= 0.6 is 11.3 Å². The maximum Gasteiger partial charge on any atom is 0.230 e. The minimum atomic E-state index is -0.0435. The minimum absolute atomic E-state index is 0.0435. The van der Waals surface area contributed by atoms with Gasteiger partial charge in [-0.25, -0.2) is 4.98 Å². The molecular formula is C17H22N4O2S. The standard InChI is InChI=1S/C17H22N4O2S/c22-17(12-15-2-1-11-24-15)20-16-4-3-14(13-19-16)18-5-6-21-7-9-23-10-8-21/h1-4,11,13,18H,5-10,12H2,(H,19,20,22). The van der Waals surface area contributed by atoms with E-state index >= 15 is 0 Å². The summed E-state index contributed by atoms with van der Waals surface area (Å²) in [6.07, 6.45) is 2.14. The number of nitrogens with zero attached hydrogens (tertiary/aromatic N) is 2. The van der Waals surface area contributed by atoms with E-state index < -0.39 is 0 Å². The molecule has 7 heteroatoms. The van der Waals surface area contributed by atoms with E-state index in [4.69, 9.17) is 4.74 Å². The van der Waals surface area contributed by atoms with Gasteiger partial charge in [-0.1, -0.05) is 6.07 Å². The molecule has 0 atom stereocenters. The Bertz CT molecular complexity index is 625. The van der Waals surface area contributed by atoms with Crippen LogP contribution in [0.3, 0.4) is 0 Å². The average molecular weight is 346 g/mol. The highest BCUT2D eigenvalue weighted by atomic mass is 32.1. The second kappa shape index (κ2) is 8.77. The zero-order valence-corrected chi connectivity index (χ0v) is 14.3. The Labute approximate surface area is 145 Å². The van der Waals surface area contributed by atoms with Crippen molar-refractivity contribution in [2.45, 2.75) is 6.42 Å². The summed E-state index contributed by atoms with van der Waals surface area (Å²) in [5.74, 6) is 0.535. The summed E-state index contributed by atoms with van der Waals surface area (Å²) in [6.45, 7) is 5.49. The summed E-state index contributed by atoms with van der Waals surface area (Å²) in [7, 11) is 0. The SMILES string of the molecule is O=C(Cc1cccs1)Nc1ccc(NCCN2CCOCC2)cn1. The largest absolute Gasteiger partial charge is 0.383 e. The number of amides is 1. The fraction of sp³-hybridized carbons (Fsp3) is 0.412. The van der Waals surface area contributed by atoms with E-state index in [0.29, 0.717) is 12.2 Å². The third-order valence-corrected chi connectivity index (χ3v) is 4.68. The van der Waals surface area contributed by atoms with Crippen molar-refractivity contribution in [3.63, 3.8) is 0 Å². The number of anilines is 2. The van der Waals surface area contributed by atoms with E-state index in [2.05, 4.69) is 20.5 Å². The van der Waals surface area contributed by atoms with E-state index in [1.165, 1.54) is 0 Å². The van der Waals surface area contributed by atoms with Crippen LogP contribution < -0.4 is 10.6 Å². The quantitative estimate of drug-likeness (QED) is 0.803. The van der Waals surface area contributed by atoms with Gasteiger partial charge in [0.25, 0.3) is 0 Å². The summed E-state index contributed by atoms with van der Waals surface area (Å²) in [4.78, 5) is 19.7. The number of carbonyl (C=O) groups is 1. The highest BCUT2D eigenvalue weighted by Crippen LogP contribution is 2.12. The smallest absolute Gasteiger partial charge is 0.230 e. The zero-order chi connectivity index (χ0) is 16.6. The normalized spacial score (nSPS) is 15.2. The van der Waals surface area contributed by atoms with Gasteiger partial charge in [-0.3, -0.25) is 9.69 Å². The van der Waals surface area contributed by atoms with Crippen molar-refractivity contribution >= 4 is 28.7 Å². The Hall–Kier alpha value is -1.96. The molecule has 1 amide bonds. The molecular weight excluding hydrogens is 324 g/mol. The number of hydrogen-bond donors (Lipinski definition) is 2. The molecule has 1 fully saturated rings. The molecule has 0 spiro atoms. The molecule has 24 heavy (non-hydrogen) atoms. The van der Waals surface area contributed by atoms with Crippen molar-refractivity contribution in [2.24, 2.45) is 0 Å². The van der Waals surface area contributed by atoms with Crippen LogP contribution in [0.4, 0.5) is 11.5 Å². The Morgan fingerprint density at radius 3 is 2.88 bits per heavy atom. The first-order valence-corrected chi connectivity index (χ1v) is 9.00. The minimum Gasteiger partial charge on any atom is -0.383 e. The molecule has 2 aromatic rings. The highest BCUT2D eigenvalue weighted by Gasteiger charge is 2.09. The lowest BCUT2D eigenvalue weighted by Crippen LogP contribution is -2.39. The number of aromatic nitrogens is 1. The molecule has 1 aliphatic heterocycles. The summed E-state index contributed by atoms with van der Waals surface area (Å²) in [6, 6.07) is 7.67. The van der Waals surface area contributed by atoms with Crippen molar-refractivity contribution in [3.05, 3.63) is 40.7 Å². The van der Waals surface area contributed by atoms with Crippen LogP contribution in [-0.2, 0) is 16.0 Å². The summed E-state index contributed by atoms with van der Waals surface area (Å²) in [5.41, 5.74) is 0.958. The molecule has 0 aromatic carbocycles. The molecule has 0 saturated carbocycles. The van der Waals surface area contributed by atoms with Crippen LogP contribution in [0.15, 0.2) is 35.8 Å². The molecule has 2 aromatic heterocycles. The number of nitrogens with one attached hydrogen (secondary N) is 2. The van der Waals surface area contributed by atoms with Gasteiger partial charge in [0.05, 0.1) is 31.5 Å². The van der Waals surface area contributed by atoms with Crippen molar-refractivity contribution in [3.8, 4) is 0 Å². The monoisotopic (exact) mass is 346 g/mol. The molecule has 1 aliphatic rings. The first kappa shape index (κ1) is 16.9. The van der Waals surface area contributed by atoms with Crippen LogP contribution in [0.25, 0.3) is 0 Å². The molecule has 1 saturated heterocycles. The molecule has 3 heterocycles. The number of carbonyl (C=O) groups excluding carboxylic acids is 1. The first-order valence-electron chi connectivity index (χ1n) is 8.12. The number of ether oxygens (including phenoxy) is 1. The number of morpholine rings is 1. The fourth-order valence-corrected chi connectivity index (χ4v) is 3.22. The van der Waals surface area contributed by atoms with Crippen molar-refractivity contribution in [2.75, 3.05) is 50.0 Å². The van der Waals surface area contributed by atoms with Crippen LogP contribution in [0, 0.1) is 0 Å². The molecule has 3 rings (SSSR count). The van der Waals surface area contributed by atoms with Crippen LogP contribution in [0.1, 0.15) is 4.88 Å². The Morgan fingerprint density at radius 2 is 2.17 bits per heavy atom. The van der Waals surface area contributed by atoms with E-state index in [1.54, 1.807) is 17.5 Å². The van der Waals surface area contributed by atoms with E-state index in [1.807, 2.05) is 29.6 Å². The van der Waals surface area contributed by atoms with Gasteiger partial charge in [0.1, 0.15) is 5.82 Å². The van der Waals surface area contributed by atoms with Crippen LogP contribution in [0.2, 0.25) is 0 Å². The van der Waals surface area contributed by atoms with Crippen LogP contribution in [0.5, 0.6) is 0 Å². The molecule has 0 unspecified atom stereocenters. The predicted molar refractivity (Wildman–Crippen MR) is 96.6 cm³/mol. The third kappa shape index (κ3) is 5.30. The van der Waals surface area contributed by atoms with E-state index in [9.17, 15) is 4.79 Å². The molecule has 6 nitrogen and oxygen atoms in total. The number of thiophene rings is 1. The number of rotatable bonds is 7. The van der Waals surface area contributed by atoms with Gasteiger partial charge >= 0.3 is 0 Å². The predicted octanol–water partition coefficient (Wildman–Crippen LogP) is 2.07. The number of pyridine rings is 1. The summed E-state index contributed by atoms with van der Waals surface area (Å²) < 4.78 is 5.34. The second-order valence-corrected chi connectivity index (χ2v) is 6.65. The third-order valence-electron chi connectivity index (χ3n) is 3.81. The molecule has 0 aliphatic carbocycles. The fourth-order valence-electron chi connectivity index (χ4n) is 2.51. The van der Waals surface area contributed by atoms with E-state index in [0.717, 1.165) is 50.0 Å². The maximum absolute atomic E-state index is 11.9. The average Bonchev–Trinajstić information content (AvgIpc) is 3.10. The summed E-state index contributed by atoms with van der Waals surface area (Å²) in [5, 5.41) is 8.15. The lowest BCUT2D eigenvalue weighted by atomic mass is 10.3. The Kier molecular flexibility index (Phi) is 6.17. The van der Waals surface area contributed by atoms with Gasteiger partial charge in [0.15, 0.2) is 0 Å². The van der Waals surface area contributed by atoms with Crippen LogP contribution in [-0.4, -0.2) is 55.2 Å². The van der Waals surface area contributed by atoms with Gasteiger partial charge in [0.2, 0.25) is 5.91 Å². The van der Waals surface area contributed by atoms with Gasteiger partial charge in [-0.2, -0.15) is 0 Å². The van der Waals surface area contributed by atoms with Crippen molar-refractivity contribution in [1.82, 2.24) is 9.88 Å². The summed E-state index contributed by atoms with van der Waals surface area (Å²) >= 11 is 1.58. The van der Waals surface area contributed by atoms with Crippen molar-refractivity contribution in [1.29, 1.82) is 0 Å². The lowest BCUT2D eigenvalue weighted by Gasteiger charge is -2.26. The number of hydrogen-bond acceptors (Lipinski definition) is 6. The maximum atomic E-state index is 11.9. The van der Waals surface area contributed by atoms with Gasteiger partial charge < -0.3 is 15.4 Å². The molecule has 128 valence electrons.